The van der Waals surface area contributed by atoms with Crippen molar-refractivity contribution in [2.45, 2.75) is 56.4 Å². The first-order chi connectivity index (χ1) is 15.0. The number of aryl methyl sites for hydroxylation is 1. The number of likely N-dealkylation sites (tertiary alicyclic amines) is 1. The van der Waals surface area contributed by atoms with Crippen LogP contribution in [0, 0.1) is 0 Å². The number of benzene rings is 1. The van der Waals surface area contributed by atoms with Crippen LogP contribution < -0.4 is 5.32 Å². The molecule has 1 aromatic heterocycles. The van der Waals surface area contributed by atoms with Gasteiger partial charge in [-0.3, -0.25) is 4.79 Å². The van der Waals surface area contributed by atoms with E-state index in [0.717, 1.165) is 31.3 Å². The Morgan fingerprint density at radius 1 is 1.00 bits per heavy atom. The van der Waals surface area contributed by atoms with Crippen molar-refractivity contribution in [2.75, 3.05) is 39.3 Å². The van der Waals surface area contributed by atoms with E-state index in [2.05, 4.69) is 15.2 Å². The topological polar surface area (TPSA) is 87.5 Å². The van der Waals surface area contributed by atoms with Crippen LogP contribution in [0.25, 0.3) is 11.0 Å². The maximum absolute atomic E-state index is 12.8. The fraction of sp³-hybridized carbons (Fsp3) is 0.636. The summed E-state index contributed by atoms with van der Waals surface area (Å²) in [7, 11) is -3.45. The second-order valence-corrected chi connectivity index (χ2v) is 10.5. The molecule has 1 N–H and O–H groups in total. The van der Waals surface area contributed by atoms with E-state index in [1.165, 1.54) is 32.4 Å². The highest BCUT2D eigenvalue weighted by Crippen LogP contribution is 2.24. The fourth-order valence-electron chi connectivity index (χ4n) is 4.48. The Hall–Kier alpha value is -1.97. The van der Waals surface area contributed by atoms with Crippen molar-refractivity contribution in [1.82, 2.24) is 24.1 Å². The molecule has 2 fully saturated rings. The van der Waals surface area contributed by atoms with Gasteiger partial charge < -0.3 is 14.8 Å². The summed E-state index contributed by atoms with van der Waals surface area (Å²) >= 11 is 0. The Morgan fingerprint density at radius 3 is 2.52 bits per heavy atom. The van der Waals surface area contributed by atoms with Crippen LogP contribution in [0.3, 0.4) is 0 Å². The van der Waals surface area contributed by atoms with E-state index in [-0.39, 0.29) is 5.91 Å². The van der Waals surface area contributed by atoms with Gasteiger partial charge in [0.1, 0.15) is 0 Å². The molecule has 4 rings (SSSR count). The molecule has 0 radical (unpaired) electrons. The van der Waals surface area contributed by atoms with Crippen molar-refractivity contribution in [1.29, 1.82) is 0 Å². The Bertz CT molecular complexity index is 992. The largest absolute Gasteiger partial charge is 0.356 e. The number of hydrogen-bond acceptors (Lipinski definition) is 5. The van der Waals surface area contributed by atoms with Gasteiger partial charge in [0, 0.05) is 32.6 Å². The van der Waals surface area contributed by atoms with Crippen LogP contribution in [0.15, 0.2) is 29.4 Å². The van der Waals surface area contributed by atoms with Gasteiger partial charge >= 0.3 is 0 Å². The first-order valence-corrected chi connectivity index (χ1v) is 12.9. The highest BCUT2D eigenvalue weighted by Gasteiger charge is 2.27. The third-order valence-electron chi connectivity index (χ3n) is 6.30. The van der Waals surface area contributed by atoms with E-state index in [0.29, 0.717) is 43.0 Å². The molecule has 0 saturated carbocycles. The lowest BCUT2D eigenvalue weighted by Gasteiger charge is -2.26. The molecule has 8 nitrogen and oxygen atoms in total. The highest BCUT2D eigenvalue weighted by molar-refractivity contribution is 7.89. The van der Waals surface area contributed by atoms with E-state index < -0.39 is 10.0 Å². The number of imidazole rings is 1. The van der Waals surface area contributed by atoms with Gasteiger partial charge in [-0.2, -0.15) is 4.31 Å². The lowest BCUT2D eigenvalue weighted by atomic mass is 10.1. The third kappa shape index (κ3) is 5.45. The maximum atomic E-state index is 12.8. The maximum Gasteiger partial charge on any atom is 0.243 e. The molecule has 2 aliphatic rings. The summed E-state index contributed by atoms with van der Waals surface area (Å²) in [5.41, 5.74) is 1.49. The van der Waals surface area contributed by atoms with Crippen LogP contribution in [0.2, 0.25) is 0 Å². The molecular weight excluding hydrogens is 414 g/mol. The Labute approximate surface area is 184 Å². The van der Waals surface area contributed by atoms with Crippen LogP contribution in [0.5, 0.6) is 0 Å². The molecule has 0 bridgehead atoms. The van der Waals surface area contributed by atoms with Gasteiger partial charge in [-0.1, -0.05) is 6.42 Å². The Kier molecular flexibility index (Phi) is 7.24. The van der Waals surface area contributed by atoms with Gasteiger partial charge in [0.15, 0.2) is 0 Å². The zero-order chi connectivity index (χ0) is 21.7. The quantitative estimate of drug-likeness (QED) is 0.596. The lowest BCUT2D eigenvalue weighted by molar-refractivity contribution is -0.121. The SMILES string of the molecule is O=C(CCn1cnc2cc(S(=O)(=O)N3CCCC3)ccc21)NCCCN1CCCCC1. The number of piperidine rings is 1. The molecule has 0 atom stereocenters. The van der Waals surface area contributed by atoms with Gasteiger partial charge in [0.25, 0.3) is 0 Å². The zero-order valence-corrected chi connectivity index (χ0v) is 18.9. The van der Waals surface area contributed by atoms with Crippen LogP contribution >= 0.6 is 0 Å². The van der Waals surface area contributed by atoms with Crippen molar-refractivity contribution in [3.63, 3.8) is 0 Å². The monoisotopic (exact) mass is 447 g/mol. The van der Waals surface area contributed by atoms with Gasteiger partial charge in [0.2, 0.25) is 15.9 Å². The number of nitrogens with one attached hydrogen (secondary N) is 1. The summed E-state index contributed by atoms with van der Waals surface area (Å²) in [6.07, 6.45) is 8.78. The molecule has 2 saturated heterocycles. The van der Waals surface area contributed by atoms with E-state index in [4.69, 9.17) is 0 Å². The van der Waals surface area contributed by atoms with Crippen LogP contribution in [0.4, 0.5) is 0 Å². The molecule has 3 heterocycles. The van der Waals surface area contributed by atoms with Crippen molar-refractivity contribution in [3.8, 4) is 0 Å². The number of fused-ring (bicyclic) bond motifs is 1. The minimum Gasteiger partial charge on any atom is -0.356 e. The van der Waals surface area contributed by atoms with Crippen molar-refractivity contribution in [2.24, 2.45) is 0 Å². The first-order valence-electron chi connectivity index (χ1n) is 11.5. The smallest absolute Gasteiger partial charge is 0.243 e. The minimum absolute atomic E-state index is 0.0359. The van der Waals surface area contributed by atoms with Crippen molar-refractivity contribution in [3.05, 3.63) is 24.5 Å². The summed E-state index contributed by atoms with van der Waals surface area (Å²) in [6, 6.07) is 5.08. The summed E-state index contributed by atoms with van der Waals surface area (Å²) in [6.45, 7) is 5.81. The third-order valence-corrected chi connectivity index (χ3v) is 8.19. The standard InChI is InChI=1S/C22H33N5O3S/c28-22(23-10-6-13-25-11-2-1-3-12-25)9-16-26-18-24-20-17-19(7-8-21(20)26)31(29,30)27-14-4-5-15-27/h7-8,17-18H,1-6,9-16H2,(H,23,28). The van der Waals surface area contributed by atoms with E-state index in [9.17, 15) is 13.2 Å². The van der Waals surface area contributed by atoms with Crippen LogP contribution in [-0.2, 0) is 21.4 Å². The molecular formula is C22H33N5O3S. The molecule has 31 heavy (non-hydrogen) atoms. The zero-order valence-electron chi connectivity index (χ0n) is 18.1. The predicted octanol–water partition coefficient (Wildman–Crippen LogP) is 2.20. The van der Waals surface area contributed by atoms with Crippen LogP contribution in [0.1, 0.15) is 44.9 Å². The highest BCUT2D eigenvalue weighted by atomic mass is 32.2. The summed E-state index contributed by atoms with van der Waals surface area (Å²) in [5, 5.41) is 3.01. The van der Waals surface area contributed by atoms with Gasteiger partial charge in [-0.25, -0.2) is 13.4 Å². The Balaban J connectivity index is 1.27. The summed E-state index contributed by atoms with van der Waals surface area (Å²) in [4.78, 5) is 19.4. The number of amides is 1. The van der Waals surface area contributed by atoms with E-state index in [1.807, 2.05) is 4.57 Å². The molecule has 1 amide bonds. The van der Waals surface area contributed by atoms with E-state index in [1.54, 1.807) is 28.8 Å². The lowest BCUT2D eigenvalue weighted by Crippen LogP contribution is -2.33. The number of carbonyl (C=O) groups excluding carboxylic acids is 1. The average molecular weight is 448 g/mol. The van der Waals surface area contributed by atoms with Crippen molar-refractivity contribution < 1.29 is 13.2 Å². The second kappa shape index (κ2) is 10.1. The van der Waals surface area contributed by atoms with Crippen LogP contribution in [-0.4, -0.2) is 72.3 Å². The summed E-state index contributed by atoms with van der Waals surface area (Å²) in [5.74, 6) is 0.0359. The number of aromatic nitrogens is 2. The first kappa shape index (κ1) is 22.2. The average Bonchev–Trinajstić information content (AvgIpc) is 3.46. The number of rotatable bonds is 9. The number of hydrogen-bond donors (Lipinski definition) is 1. The molecule has 1 aromatic carbocycles. The van der Waals surface area contributed by atoms with Gasteiger partial charge in [-0.15, -0.1) is 0 Å². The molecule has 0 spiro atoms. The molecule has 2 aromatic rings. The Morgan fingerprint density at radius 2 is 1.74 bits per heavy atom. The number of nitrogens with zero attached hydrogens (tertiary/aromatic N) is 4. The van der Waals surface area contributed by atoms with Crippen molar-refractivity contribution >= 4 is 27.0 Å². The fourth-order valence-corrected chi connectivity index (χ4v) is 6.02. The second-order valence-electron chi connectivity index (χ2n) is 8.56. The van der Waals surface area contributed by atoms with Gasteiger partial charge in [0.05, 0.1) is 22.3 Å². The number of carbonyl (C=O) groups is 1. The molecule has 9 heteroatoms. The summed E-state index contributed by atoms with van der Waals surface area (Å²) < 4.78 is 29.0. The van der Waals surface area contributed by atoms with Gasteiger partial charge in [-0.05, 0) is 69.9 Å². The molecule has 170 valence electrons. The molecule has 0 aliphatic carbocycles. The normalized spacial score (nSPS) is 18.6. The predicted molar refractivity (Wildman–Crippen MR) is 120 cm³/mol. The molecule has 0 unspecified atom stereocenters. The molecule has 2 aliphatic heterocycles. The minimum atomic E-state index is -3.45. The number of sulfonamides is 1. The van der Waals surface area contributed by atoms with E-state index >= 15 is 0 Å².